The maximum atomic E-state index is 15.0. The summed E-state index contributed by atoms with van der Waals surface area (Å²) in [5, 5.41) is 60.7. The first-order chi connectivity index (χ1) is 68.2. The lowest BCUT2D eigenvalue weighted by Crippen LogP contribution is -2.62. The zero-order chi connectivity index (χ0) is 94.6. The van der Waals surface area contributed by atoms with Crippen LogP contribution in [0.3, 0.4) is 0 Å². The van der Waals surface area contributed by atoms with Gasteiger partial charge in [0.2, 0.25) is 11.8 Å². The van der Waals surface area contributed by atoms with Crippen LogP contribution in [0.4, 0.5) is 8.78 Å². The monoisotopic (exact) mass is 1880 g/mol. The molecule has 20 aliphatic rings. The number of aliphatic hydroxyl groups excluding tert-OH is 4. The van der Waals surface area contributed by atoms with Gasteiger partial charge in [0.1, 0.15) is 11.6 Å². The number of rotatable bonds is 22. The van der Waals surface area contributed by atoms with Crippen molar-refractivity contribution >= 4 is 23.6 Å². The minimum absolute atomic E-state index is 0.00310. The van der Waals surface area contributed by atoms with Crippen molar-refractivity contribution in [1.29, 1.82) is 0 Å². The zero-order valence-electron chi connectivity index (χ0n) is 79.2. The van der Waals surface area contributed by atoms with Crippen LogP contribution in [-0.4, -0.2) is 131 Å². The maximum absolute atomic E-state index is 15.0. The molecule has 16 aliphatic carbocycles. The van der Waals surface area contributed by atoms with E-state index in [1.54, 1.807) is 37.2 Å². The Morgan fingerprint density at radius 2 is 0.564 bits per heavy atom. The number of hydrogen-bond acceptors (Lipinski definition) is 12. The van der Waals surface area contributed by atoms with Crippen LogP contribution >= 0.6 is 0 Å². The van der Waals surface area contributed by atoms with E-state index in [2.05, 4.69) is 98.9 Å². The molecule has 22 heteroatoms. The Hall–Kier alpha value is -11.8. The van der Waals surface area contributed by atoms with Gasteiger partial charge in [-0.3, -0.25) is 19.2 Å². The number of benzene rings is 8. The number of imidazole rings is 4. The predicted molar refractivity (Wildman–Crippen MR) is 529 cm³/mol. The molecule has 32 rings (SSSR count). The van der Waals surface area contributed by atoms with E-state index in [0.29, 0.717) is 113 Å². The Morgan fingerprint density at radius 1 is 0.307 bits per heavy atom. The lowest BCUT2D eigenvalue weighted by molar-refractivity contribution is -0.145. The number of carbonyl (C=O) groups excluding carboxylic acids is 4. The maximum Gasteiger partial charge on any atom is 0.251 e. The Balaban J connectivity index is 0.0000000985. The molecule has 8 aromatic carbocycles. The summed E-state index contributed by atoms with van der Waals surface area (Å²) in [5.41, 5.74) is 15.6. The largest absolute Gasteiger partial charge is 0.392 e. The fourth-order valence-corrected chi connectivity index (χ4v) is 33.3. The molecular weight excluding hydrogens is 1750 g/mol. The van der Waals surface area contributed by atoms with Crippen LogP contribution in [0.5, 0.6) is 0 Å². The number of aromatic nitrogens is 8. The minimum atomic E-state index is -0.521. The van der Waals surface area contributed by atoms with Gasteiger partial charge in [0.15, 0.2) is 0 Å². The van der Waals surface area contributed by atoms with E-state index < -0.39 is 12.2 Å². The smallest absolute Gasteiger partial charge is 0.251 e. The molecule has 720 valence electrons. The molecule has 16 bridgehead atoms. The van der Waals surface area contributed by atoms with Gasteiger partial charge in [0, 0.05) is 68.7 Å². The molecule has 0 saturated heterocycles. The lowest BCUT2D eigenvalue weighted by Gasteiger charge is -2.61. The molecule has 0 radical (unpaired) electrons. The molecule has 140 heavy (non-hydrogen) atoms. The first kappa shape index (κ1) is 89.5. The molecule has 8 heterocycles. The van der Waals surface area contributed by atoms with Gasteiger partial charge in [-0.15, -0.1) is 0 Å². The van der Waals surface area contributed by atoms with E-state index in [1.807, 2.05) is 168 Å². The molecule has 12 aromatic rings. The molecule has 16 atom stereocenters. The summed E-state index contributed by atoms with van der Waals surface area (Å²) >= 11 is 0. The molecule has 0 spiro atoms. The van der Waals surface area contributed by atoms with Crippen molar-refractivity contribution in [2.45, 2.75) is 240 Å². The van der Waals surface area contributed by atoms with Crippen LogP contribution in [0.2, 0.25) is 0 Å². The first-order valence-corrected chi connectivity index (χ1v) is 52.2. The topological polar surface area (TPSA) is 269 Å². The van der Waals surface area contributed by atoms with Crippen molar-refractivity contribution in [3.8, 4) is 45.0 Å². The molecule has 16 unspecified atom stereocenters. The Kier molecular flexibility index (Phi) is 22.8. The van der Waals surface area contributed by atoms with Crippen LogP contribution in [0, 0.1) is 104 Å². The Morgan fingerprint density at radius 3 is 0.879 bits per heavy atom. The quantitative estimate of drug-likeness (QED) is 0.0315. The molecule has 16 fully saturated rings. The van der Waals surface area contributed by atoms with Crippen molar-refractivity contribution < 1.29 is 48.4 Å². The predicted octanol–water partition coefficient (Wildman–Crippen LogP) is 19.5. The number of halogens is 2. The van der Waals surface area contributed by atoms with Crippen molar-refractivity contribution in [2.75, 3.05) is 0 Å². The highest BCUT2D eigenvalue weighted by molar-refractivity contribution is 5.95. The molecule has 4 aliphatic heterocycles. The highest BCUT2D eigenvalue weighted by Crippen LogP contribution is 2.68. The number of nitrogens with zero attached hydrogens (tertiary/aromatic N) is 8. The van der Waals surface area contributed by atoms with Crippen LogP contribution in [0.25, 0.3) is 45.0 Å². The van der Waals surface area contributed by atoms with E-state index >= 15 is 0 Å². The minimum Gasteiger partial charge on any atom is -0.392 e. The zero-order valence-corrected chi connectivity index (χ0v) is 79.2. The number of fused-ring (bicyclic) bond motifs is 12. The third kappa shape index (κ3) is 15.8. The molecular formula is C118H126F2N12O8. The number of nitrogens with one attached hydrogen (secondary N) is 4. The van der Waals surface area contributed by atoms with Crippen molar-refractivity contribution in [2.24, 2.45) is 92.7 Å². The van der Waals surface area contributed by atoms with E-state index in [4.69, 9.17) is 0 Å². The van der Waals surface area contributed by atoms with Crippen molar-refractivity contribution in [3.05, 3.63) is 312 Å². The number of carbonyl (C=O) groups is 4. The number of aliphatic hydroxyl groups is 4. The van der Waals surface area contributed by atoms with Crippen LogP contribution in [-0.2, 0) is 22.4 Å². The average Bonchev–Trinajstić information content (AvgIpc) is 0.937. The fraction of sp³-hybridized carbons (Fsp3) is 0.458. The standard InChI is InChI=1S/C30H32FN3O2.C30H33N3O2.C29H30FN3O2.C29H31N3O2/c31-23-8-4-7-22-25-16-32-17-34(25)24(28(22)23)12-26(35)30-13-19-9-20(14-30)29(21(10-19)15-30)33-27(36)11-18-5-2-1-3-6-18;34-27(13-25-23-8-4-5-9-24(23)26-17-31-18-33(25)26)30-14-20-10-21(15-30)29(22(11-20)16-30)32-28(35)12-19-6-2-1-3-7-19;30-22-8-4-7-21-24-15-31-16-33(24)23(26(21)22)11-25(34)29-12-17-9-19(13-29)27(20(10-17)14-29)32-28(35)18-5-2-1-3-6-18;33-26(12-24-22-8-4-5-9-23(22)25-16-30-17-32(24)25)29-13-18-10-20(14-29)27(21(11-18)15-29)31-28(34)19-6-2-1-3-7-19/h1-8,16-17,19-21,24,26,29,35H,9-15H2,(H,33,36);1-9,17-18,20-22,25,27,29,34H,10-16H2,(H,32,35);1-8,15-17,19-20,23,25,27,34H,9-14H2,(H,32,35);1-9,16-18,20-21,24,26-27,33H,10-15H2,(H,31,34). The van der Waals surface area contributed by atoms with Crippen molar-refractivity contribution in [1.82, 2.24) is 59.5 Å². The van der Waals surface area contributed by atoms with Gasteiger partial charge in [-0.25, -0.2) is 28.7 Å². The normalized spacial score (nSPS) is 32.8. The van der Waals surface area contributed by atoms with E-state index in [0.717, 1.165) is 166 Å². The van der Waals surface area contributed by atoms with E-state index in [-0.39, 0.29) is 117 Å². The van der Waals surface area contributed by atoms with Gasteiger partial charge in [0.25, 0.3) is 11.8 Å². The summed E-state index contributed by atoms with van der Waals surface area (Å²) < 4.78 is 38.5. The van der Waals surface area contributed by atoms with Gasteiger partial charge >= 0.3 is 0 Å². The van der Waals surface area contributed by atoms with Gasteiger partial charge < -0.3 is 60.0 Å². The first-order valence-electron chi connectivity index (χ1n) is 52.2. The summed E-state index contributed by atoms with van der Waals surface area (Å²) in [4.78, 5) is 69.0. The van der Waals surface area contributed by atoms with E-state index in [9.17, 15) is 48.4 Å². The van der Waals surface area contributed by atoms with Crippen LogP contribution in [0.1, 0.15) is 232 Å². The summed E-state index contributed by atoms with van der Waals surface area (Å²) in [6.45, 7) is 0. The summed E-state index contributed by atoms with van der Waals surface area (Å²) in [6.07, 6.45) is 37.8. The molecule has 8 N–H and O–H groups in total. The molecule has 4 aromatic heterocycles. The fourth-order valence-electron chi connectivity index (χ4n) is 33.3. The van der Waals surface area contributed by atoms with Crippen molar-refractivity contribution in [3.63, 3.8) is 0 Å². The second kappa shape index (κ2) is 35.7. The van der Waals surface area contributed by atoms with Gasteiger partial charge in [-0.2, -0.15) is 0 Å². The van der Waals surface area contributed by atoms with Gasteiger partial charge in [-0.1, -0.05) is 170 Å². The Bertz CT molecular complexity index is 6590. The average molecular weight is 1880 g/mol. The van der Waals surface area contributed by atoms with Gasteiger partial charge in [0.05, 0.1) is 134 Å². The third-order valence-electron chi connectivity index (χ3n) is 38.2. The number of hydrogen-bond donors (Lipinski definition) is 8. The van der Waals surface area contributed by atoms with Crippen LogP contribution < -0.4 is 21.3 Å². The SMILES string of the molecule is O=C(Cc1ccccc1)NC1C2CC3CC1CC(C(O)CC1c4c(F)cccc4-c4cncn41)(C3)C2.O=C(Cc1ccccc1)NC1C2CC3CC1CC(C(O)CC1c4ccccc4-c4cncn41)(C3)C2.O=C(NC1C2CC3CC1CC(C(O)CC1c4c(F)cccc4-c4cncn41)(C3)C2)c1ccccc1.O=C(NC1C2CC3CC1CC(C(O)CC1c4ccccc4-c4cncn41)(C3)C2)c1ccccc1. The Labute approximate surface area is 816 Å². The second-order valence-corrected chi connectivity index (χ2v) is 46.0. The summed E-state index contributed by atoms with van der Waals surface area (Å²) in [6, 6.07) is 67.1. The highest BCUT2D eigenvalue weighted by Gasteiger charge is 2.64. The molecule has 4 amide bonds. The summed E-state index contributed by atoms with van der Waals surface area (Å²) in [5.74, 6) is 5.91. The second-order valence-electron chi connectivity index (χ2n) is 46.0. The molecule has 16 saturated carbocycles. The van der Waals surface area contributed by atoms with E-state index in [1.165, 1.54) is 60.1 Å². The highest BCUT2D eigenvalue weighted by atomic mass is 19.1. The lowest BCUT2D eigenvalue weighted by atomic mass is 9.46. The summed E-state index contributed by atoms with van der Waals surface area (Å²) in [7, 11) is 0. The molecule has 20 nitrogen and oxygen atoms in total. The van der Waals surface area contributed by atoms with Gasteiger partial charge in [-0.05, 0) is 305 Å². The number of amides is 4. The van der Waals surface area contributed by atoms with Crippen LogP contribution in [0.15, 0.2) is 256 Å². The third-order valence-corrected chi connectivity index (χ3v) is 38.2.